The maximum Gasteiger partial charge on any atom is 0.154 e. The molecule has 1 aromatic carbocycles. The van der Waals surface area contributed by atoms with E-state index in [0.29, 0.717) is 12.5 Å². The van der Waals surface area contributed by atoms with Gasteiger partial charge in [-0.05, 0) is 43.5 Å². The van der Waals surface area contributed by atoms with Gasteiger partial charge in [0.15, 0.2) is 9.84 Å². The first-order chi connectivity index (χ1) is 10.0. The minimum absolute atomic E-state index is 0.138. The second-order valence-corrected chi connectivity index (χ2v) is 8.19. The molecule has 6 heteroatoms. The predicted octanol–water partition coefficient (Wildman–Crippen LogP) is 1.18. The number of hydrogen-bond donors (Lipinski definition) is 1. The van der Waals surface area contributed by atoms with Crippen LogP contribution in [0.5, 0.6) is 5.75 Å². The maximum absolute atomic E-state index is 11.4. The minimum Gasteiger partial charge on any atom is -0.489 e. The normalized spacial score (nSPS) is 26.0. The van der Waals surface area contributed by atoms with Gasteiger partial charge < -0.3 is 15.4 Å². The lowest BCUT2D eigenvalue weighted by Crippen LogP contribution is -2.39. The van der Waals surface area contributed by atoms with E-state index in [1.54, 1.807) is 0 Å². The Morgan fingerprint density at radius 2 is 1.76 bits per heavy atom. The van der Waals surface area contributed by atoms with E-state index in [1.165, 1.54) is 5.69 Å². The monoisotopic (exact) mass is 310 g/mol. The molecular weight excluding hydrogens is 288 g/mol. The second-order valence-electron chi connectivity index (χ2n) is 5.96. The molecule has 0 saturated carbocycles. The SMILES string of the molecule is NC1CCN(c2ccc(OC3CCS(=O)(=O)C3)cc2)CC1. The van der Waals surface area contributed by atoms with Gasteiger partial charge in [-0.3, -0.25) is 0 Å². The molecule has 21 heavy (non-hydrogen) atoms. The number of hydrogen-bond acceptors (Lipinski definition) is 5. The van der Waals surface area contributed by atoms with Crippen molar-refractivity contribution in [3.05, 3.63) is 24.3 Å². The molecule has 2 aliphatic heterocycles. The van der Waals surface area contributed by atoms with Crippen LogP contribution in [0.1, 0.15) is 19.3 Å². The molecule has 0 aromatic heterocycles. The largest absolute Gasteiger partial charge is 0.489 e. The third-order valence-electron chi connectivity index (χ3n) is 4.23. The summed E-state index contributed by atoms with van der Waals surface area (Å²) >= 11 is 0. The second kappa shape index (κ2) is 5.85. The van der Waals surface area contributed by atoms with Crippen LogP contribution in [0.25, 0.3) is 0 Å². The maximum atomic E-state index is 11.4. The highest BCUT2D eigenvalue weighted by atomic mass is 32.2. The lowest BCUT2D eigenvalue weighted by atomic mass is 10.1. The zero-order valence-corrected chi connectivity index (χ0v) is 12.9. The first kappa shape index (κ1) is 14.7. The number of piperidine rings is 1. The highest BCUT2D eigenvalue weighted by Crippen LogP contribution is 2.25. The van der Waals surface area contributed by atoms with Crippen LogP contribution in [0.4, 0.5) is 5.69 Å². The Morgan fingerprint density at radius 3 is 2.33 bits per heavy atom. The number of anilines is 1. The number of rotatable bonds is 3. The van der Waals surface area contributed by atoms with Crippen molar-refractivity contribution < 1.29 is 13.2 Å². The Kier molecular flexibility index (Phi) is 4.08. The van der Waals surface area contributed by atoms with Gasteiger partial charge in [0.1, 0.15) is 11.9 Å². The zero-order chi connectivity index (χ0) is 14.9. The van der Waals surface area contributed by atoms with Crippen LogP contribution < -0.4 is 15.4 Å². The zero-order valence-electron chi connectivity index (χ0n) is 12.1. The Balaban J connectivity index is 1.59. The summed E-state index contributed by atoms with van der Waals surface area (Å²) in [5.74, 6) is 1.12. The summed E-state index contributed by atoms with van der Waals surface area (Å²) in [5, 5.41) is 0. The highest BCUT2D eigenvalue weighted by molar-refractivity contribution is 7.91. The van der Waals surface area contributed by atoms with E-state index in [-0.39, 0.29) is 17.6 Å². The molecule has 0 spiro atoms. The molecule has 3 rings (SSSR count). The van der Waals surface area contributed by atoms with E-state index in [1.807, 2.05) is 24.3 Å². The van der Waals surface area contributed by atoms with Crippen LogP contribution in [0.15, 0.2) is 24.3 Å². The van der Waals surface area contributed by atoms with E-state index in [2.05, 4.69) is 4.90 Å². The molecule has 2 fully saturated rings. The summed E-state index contributed by atoms with van der Waals surface area (Å²) in [5.41, 5.74) is 7.09. The fourth-order valence-corrected chi connectivity index (χ4v) is 4.53. The molecule has 0 radical (unpaired) electrons. The molecule has 116 valence electrons. The molecule has 0 aliphatic carbocycles. The lowest BCUT2D eigenvalue weighted by Gasteiger charge is -2.32. The average Bonchev–Trinajstić information content (AvgIpc) is 2.80. The van der Waals surface area contributed by atoms with Gasteiger partial charge in [-0.25, -0.2) is 8.42 Å². The van der Waals surface area contributed by atoms with Crippen LogP contribution in [-0.4, -0.2) is 45.2 Å². The smallest absolute Gasteiger partial charge is 0.154 e. The summed E-state index contributed by atoms with van der Waals surface area (Å²) < 4.78 is 28.6. The Hall–Kier alpha value is -1.27. The van der Waals surface area contributed by atoms with Crippen LogP contribution in [0.2, 0.25) is 0 Å². The van der Waals surface area contributed by atoms with Gasteiger partial charge in [-0.15, -0.1) is 0 Å². The van der Waals surface area contributed by atoms with Crippen LogP contribution in [0, 0.1) is 0 Å². The highest BCUT2D eigenvalue weighted by Gasteiger charge is 2.29. The molecule has 5 nitrogen and oxygen atoms in total. The Morgan fingerprint density at radius 1 is 1.10 bits per heavy atom. The van der Waals surface area contributed by atoms with E-state index in [0.717, 1.165) is 31.7 Å². The number of nitrogens with zero attached hydrogens (tertiary/aromatic N) is 1. The molecule has 2 N–H and O–H groups in total. The third-order valence-corrected chi connectivity index (χ3v) is 5.97. The summed E-state index contributed by atoms with van der Waals surface area (Å²) in [6.45, 7) is 1.98. The summed E-state index contributed by atoms with van der Waals surface area (Å²) in [7, 11) is -2.89. The third kappa shape index (κ3) is 3.68. The van der Waals surface area contributed by atoms with Crippen molar-refractivity contribution in [2.45, 2.75) is 31.4 Å². The minimum atomic E-state index is -2.89. The molecule has 1 aromatic rings. The number of benzene rings is 1. The van der Waals surface area contributed by atoms with E-state index in [4.69, 9.17) is 10.5 Å². The van der Waals surface area contributed by atoms with Crippen molar-refractivity contribution in [1.29, 1.82) is 0 Å². The van der Waals surface area contributed by atoms with Crippen molar-refractivity contribution in [3.8, 4) is 5.75 Å². The van der Waals surface area contributed by atoms with E-state index >= 15 is 0 Å². The van der Waals surface area contributed by atoms with Crippen LogP contribution >= 0.6 is 0 Å². The van der Waals surface area contributed by atoms with Crippen molar-refractivity contribution in [1.82, 2.24) is 0 Å². The molecule has 2 saturated heterocycles. The lowest BCUT2D eigenvalue weighted by molar-refractivity contribution is 0.229. The predicted molar refractivity (Wildman–Crippen MR) is 83.6 cm³/mol. The molecule has 0 amide bonds. The molecular formula is C15H22N2O3S. The summed E-state index contributed by atoms with van der Waals surface area (Å²) in [4.78, 5) is 2.33. The molecule has 0 bridgehead atoms. The number of nitrogens with two attached hydrogens (primary N) is 1. The van der Waals surface area contributed by atoms with Crippen LogP contribution in [-0.2, 0) is 9.84 Å². The molecule has 1 unspecified atom stereocenters. The quantitative estimate of drug-likeness (QED) is 0.907. The standard InChI is InChI=1S/C15H22N2O3S/c16-12-5-8-17(9-6-12)13-1-3-14(4-2-13)20-15-7-10-21(18,19)11-15/h1-4,12,15H,5-11,16H2. The van der Waals surface area contributed by atoms with Gasteiger partial charge in [0, 0.05) is 24.8 Å². The van der Waals surface area contributed by atoms with E-state index in [9.17, 15) is 8.42 Å². The number of sulfone groups is 1. The van der Waals surface area contributed by atoms with Gasteiger partial charge in [0.25, 0.3) is 0 Å². The van der Waals surface area contributed by atoms with Crippen molar-refractivity contribution in [3.63, 3.8) is 0 Å². The van der Waals surface area contributed by atoms with Crippen molar-refractivity contribution >= 4 is 15.5 Å². The molecule has 2 heterocycles. The Bertz CT molecular complexity index is 577. The topological polar surface area (TPSA) is 72.6 Å². The van der Waals surface area contributed by atoms with Crippen molar-refractivity contribution in [2.24, 2.45) is 5.73 Å². The average molecular weight is 310 g/mol. The summed E-state index contributed by atoms with van der Waals surface area (Å²) in [6, 6.07) is 8.25. The fraction of sp³-hybridized carbons (Fsp3) is 0.600. The van der Waals surface area contributed by atoms with Gasteiger partial charge in [-0.1, -0.05) is 0 Å². The van der Waals surface area contributed by atoms with Crippen molar-refractivity contribution in [2.75, 3.05) is 29.5 Å². The first-order valence-corrected chi connectivity index (χ1v) is 9.32. The number of ether oxygens (including phenoxy) is 1. The van der Waals surface area contributed by atoms with E-state index < -0.39 is 9.84 Å². The molecule has 1 atom stereocenters. The summed E-state index contributed by atoms with van der Waals surface area (Å²) in [6.07, 6.45) is 2.44. The van der Waals surface area contributed by atoms with Gasteiger partial charge in [0.05, 0.1) is 11.5 Å². The molecule has 2 aliphatic rings. The fourth-order valence-electron chi connectivity index (χ4n) is 2.94. The van der Waals surface area contributed by atoms with Crippen LogP contribution in [0.3, 0.4) is 0 Å². The Labute approximate surface area is 126 Å². The van der Waals surface area contributed by atoms with Gasteiger partial charge in [0.2, 0.25) is 0 Å². The van der Waals surface area contributed by atoms with Gasteiger partial charge in [-0.2, -0.15) is 0 Å². The van der Waals surface area contributed by atoms with Gasteiger partial charge >= 0.3 is 0 Å². The first-order valence-electron chi connectivity index (χ1n) is 7.49.